The number of hydrogen-bond donors (Lipinski definition) is 0. The van der Waals surface area contributed by atoms with Crippen LogP contribution >= 0.6 is 0 Å². The van der Waals surface area contributed by atoms with Crippen LogP contribution in [0, 0.1) is 24.0 Å². The SMILES string of the molecule is CCC(C)(CCC(=O)c1c(C)nc2c(OCc3c(F)cccc3F)cc(-c3cnco3)cn12)CC(=O)OC(C)(C)C. The molecule has 1 atom stereocenters. The summed E-state index contributed by atoms with van der Waals surface area (Å²) in [6.07, 6.45) is 5.99. The van der Waals surface area contributed by atoms with E-state index in [1.807, 2.05) is 34.6 Å². The van der Waals surface area contributed by atoms with Gasteiger partial charge in [-0.05, 0) is 57.7 Å². The first-order valence-electron chi connectivity index (χ1n) is 13.5. The summed E-state index contributed by atoms with van der Waals surface area (Å²) in [6.45, 7) is 10.8. The van der Waals surface area contributed by atoms with E-state index in [1.165, 1.54) is 18.7 Å². The van der Waals surface area contributed by atoms with Gasteiger partial charge in [-0.25, -0.2) is 18.7 Å². The minimum absolute atomic E-state index is 0.167. The van der Waals surface area contributed by atoms with E-state index in [-0.39, 0.29) is 42.5 Å². The number of aromatic nitrogens is 3. The summed E-state index contributed by atoms with van der Waals surface area (Å²) < 4.78 is 47.0. The maximum atomic E-state index is 14.3. The molecular weight excluding hydrogens is 532 g/mol. The molecule has 0 bridgehead atoms. The van der Waals surface area contributed by atoms with Crippen molar-refractivity contribution in [3.63, 3.8) is 0 Å². The lowest BCUT2D eigenvalue weighted by molar-refractivity contribution is -0.157. The fourth-order valence-electron chi connectivity index (χ4n) is 4.63. The number of rotatable bonds is 11. The van der Waals surface area contributed by atoms with Crippen LogP contribution in [0.1, 0.15) is 82.0 Å². The lowest BCUT2D eigenvalue weighted by atomic mass is 9.79. The van der Waals surface area contributed by atoms with Crippen LogP contribution in [0.5, 0.6) is 5.75 Å². The van der Waals surface area contributed by atoms with Crippen molar-refractivity contribution in [3.05, 3.63) is 71.6 Å². The van der Waals surface area contributed by atoms with Crippen LogP contribution in [0.15, 0.2) is 47.5 Å². The Labute approximate surface area is 237 Å². The normalized spacial score (nSPS) is 13.3. The van der Waals surface area contributed by atoms with Gasteiger partial charge in [0.15, 0.2) is 29.3 Å². The van der Waals surface area contributed by atoms with E-state index in [0.717, 1.165) is 12.1 Å². The van der Waals surface area contributed by atoms with E-state index in [2.05, 4.69) is 9.97 Å². The van der Waals surface area contributed by atoms with Gasteiger partial charge in [0.05, 0.1) is 23.9 Å². The predicted octanol–water partition coefficient (Wildman–Crippen LogP) is 7.27. The number of halogens is 2. The molecular formula is C31H35F2N3O5. The van der Waals surface area contributed by atoms with Gasteiger partial charge in [-0.15, -0.1) is 0 Å². The minimum Gasteiger partial charge on any atom is -0.485 e. The fraction of sp³-hybridized carbons (Fsp3) is 0.419. The quantitative estimate of drug-likeness (QED) is 0.139. The molecule has 3 heterocycles. The second kappa shape index (κ2) is 11.8. The Bertz CT molecular complexity index is 1540. The minimum atomic E-state index is -0.729. The van der Waals surface area contributed by atoms with Crippen LogP contribution in [-0.2, 0) is 16.1 Å². The number of esters is 1. The van der Waals surface area contributed by atoms with Crippen LogP contribution in [0.3, 0.4) is 0 Å². The number of pyridine rings is 1. The number of ether oxygens (including phenoxy) is 2. The van der Waals surface area contributed by atoms with Crippen LogP contribution in [0.25, 0.3) is 17.0 Å². The van der Waals surface area contributed by atoms with Gasteiger partial charge >= 0.3 is 5.97 Å². The third-order valence-electron chi connectivity index (χ3n) is 7.08. The summed E-state index contributed by atoms with van der Waals surface area (Å²) in [5.74, 6) is -1.30. The molecule has 218 valence electrons. The highest BCUT2D eigenvalue weighted by atomic mass is 19.1. The van der Waals surface area contributed by atoms with Gasteiger partial charge in [0.1, 0.15) is 29.5 Å². The molecule has 10 heteroatoms. The number of hydrogen-bond acceptors (Lipinski definition) is 7. The zero-order valence-electron chi connectivity index (χ0n) is 24.2. The van der Waals surface area contributed by atoms with E-state index in [9.17, 15) is 18.4 Å². The maximum absolute atomic E-state index is 14.3. The summed E-state index contributed by atoms with van der Waals surface area (Å²) in [7, 11) is 0. The number of Topliss-reactive ketones (excluding diaryl/α,β-unsaturated/α-hetero) is 1. The number of carbonyl (C=O) groups is 2. The molecule has 8 nitrogen and oxygen atoms in total. The van der Waals surface area contributed by atoms with Crippen molar-refractivity contribution in [2.24, 2.45) is 5.41 Å². The van der Waals surface area contributed by atoms with Gasteiger partial charge in [-0.1, -0.05) is 26.3 Å². The van der Waals surface area contributed by atoms with E-state index >= 15 is 0 Å². The average Bonchev–Trinajstić information content (AvgIpc) is 3.53. The first kappa shape index (κ1) is 29.9. The maximum Gasteiger partial charge on any atom is 0.306 e. The van der Waals surface area contributed by atoms with Gasteiger partial charge in [0, 0.05) is 18.2 Å². The number of ketones is 1. The Balaban J connectivity index is 1.65. The van der Waals surface area contributed by atoms with E-state index < -0.39 is 22.7 Å². The van der Waals surface area contributed by atoms with Gasteiger partial charge < -0.3 is 13.9 Å². The zero-order chi connectivity index (χ0) is 29.9. The fourth-order valence-corrected chi connectivity index (χ4v) is 4.63. The van der Waals surface area contributed by atoms with Crippen molar-refractivity contribution in [1.29, 1.82) is 0 Å². The summed E-state index contributed by atoms with van der Waals surface area (Å²) in [4.78, 5) is 34.7. The molecule has 0 saturated carbocycles. The van der Waals surface area contributed by atoms with Gasteiger partial charge in [-0.3, -0.25) is 14.0 Å². The smallest absolute Gasteiger partial charge is 0.306 e. The summed E-state index contributed by atoms with van der Waals surface area (Å²) in [6, 6.07) is 5.23. The van der Waals surface area contributed by atoms with Crippen molar-refractivity contribution in [1.82, 2.24) is 14.4 Å². The lowest BCUT2D eigenvalue weighted by Gasteiger charge is -2.29. The largest absolute Gasteiger partial charge is 0.485 e. The molecule has 0 aliphatic carbocycles. The van der Waals surface area contributed by atoms with Crippen molar-refractivity contribution >= 4 is 17.4 Å². The second-order valence-corrected chi connectivity index (χ2v) is 11.5. The van der Waals surface area contributed by atoms with Crippen molar-refractivity contribution < 1.29 is 32.3 Å². The third kappa shape index (κ3) is 6.99. The number of nitrogens with zero attached hydrogens (tertiary/aromatic N) is 3. The summed E-state index contributed by atoms with van der Waals surface area (Å²) in [5.41, 5.74) is 0.422. The summed E-state index contributed by atoms with van der Waals surface area (Å²) in [5, 5.41) is 0. The Kier molecular flexibility index (Phi) is 8.60. The molecule has 0 amide bonds. The molecule has 0 spiro atoms. The molecule has 0 aliphatic heterocycles. The summed E-state index contributed by atoms with van der Waals surface area (Å²) >= 11 is 0. The molecule has 4 rings (SSSR count). The molecule has 1 unspecified atom stereocenters. The Hall–Kier alpha value is -4.08. The van der Waals surface area contributed by atoms with Crippen molar-refractivity contribution in [2.75, 3.05) is 0 Å². The second-order valence-electron chi connectivity index (χ2n) is 11.5. The first-order chi connectivity index (χ1) is 19.3. The van der Waals surface area contributed by atoms with Crippen LogP contribution in [-0.4, -0.2) is 31.7 Å². The van der Waals surface area contributed by atoms with Gasteiger partial charge in [-0.2, -0.15) is 0 Å². The number of aryl methyl sites for hydroxylation is 1. The molecule has 0 aliphatic rings. The molecule has 1 aromatic carbocycles. The number of carbonyl (C=O) groups excluding carboxylic acids is 2. The molecule has 0 saturated heterocycles. The molecule has 41 heavy (non-hydrogen) atoms. The van der Waals surface area contributed by atoms with Crippen LogP contribution in [0.4, 0.5) is 8.78 Å². The Morgan fingerprint density at radius 2 is 1.83 bits per heavy atom. The molecule has 3 aromatic heterocycles. The van der Waals surface area contributed by atoms with Crippen molar-refractivity contribution in [2.45, 2.75) is 79.4 Å². The Morgan fingerprint density at radius 3 is 2.44 bits per heavy atom. The number of oxazole rings is 1. The predicted molar refractivity (Wildman–Crippen MR) is 149 cm³/mol. The number of benzene rings is 1. The standard InChI is InChI=1S/C31H35F2N3O5/c1-7-31(6,14-27(38)41-30(3,4)5)12-11-24(37)28-19(2)35-29-25(39-17-21-22(32)9-8-10-23(21)33)13-20(16-36(28)29)26-15-34-18-40-26/h8-10,13,15-16,18H,7,11-12,14,17H2,1-6H3. The number of fused-ring (bicyclic) bond motifs is 1. The molecule has 4 aromatic rings. The molecule has 0 fully saturated rings. The average molecular weight is 568 g/mol. The monoisotopic (exact) mass is 567 g/mol. The highest BCUT2D eigenvalue weighted by molar-refractivity contribution is 5.97. The van der Waals surface area contributed by atoms with E-state index in [1.54, 1.807) is 23.6 Å². The van der Waals surface area contributed by atoms with Crippen LogP contribution < -0.4 is 4.74 Å². The van der Waals surface area contributed by atoms with Crippen molar-refractivity contribution in [3.8, 4) is 17.1 Å². The zero-order valence-corrected chi connectivity index (χ0v) is 24.2. The Morgan fingerprint density at radius 1 is 1.12 bits per heavy atom. The van der Waals surface area contributed by atoms with Gasteiger partial charge in [0.2, 0.25) is 0 Å². The number of imidazole rings is 1. The highest BCUT2D eigenvalue weighted by Crippen LogP contribution is 2.35. The third-order valence-corrected chi connectivity index (χ3v) is 7.08. The molecule has 0 N–H and O–H groups in total. The van der Waals surface area contributed by atoms with E-state index in [0.29, 0.717) is 41.2 Å². The first-order valence-corrected chi connectivity index (χ1v) is 13.5. The lowest BCUT2D eigenvalue weighted by Crippen LogP contribution is -2.29. The van der Waals surface area contributed by atoms with E-state index in [4.69, 9.17) is 13.9 Å². The van der Waals surface area contributed by atoms with Gasteiger partial charge in [0.25, 0.3) is 0 Å². The molecule has 0 radical (unpaired) electrons. The topological polar surface area (TPSA) is 95.9 Å². The highest BCUT2D eigenvalue weighted by Gasteiger charge is 2.30. The van der Waals surface area contributed by atoms with Crippen LogP contribution in [0.2, 0.25) is 0 Å².